The molecule has 4 rings (SSSR count). The lowest BCUT2D eigenvalue weighted by Crippen LogP contribution is -1.85. The van der Waals surface area contributed by atoms with Crippen LogP contribution in [0.15, 0.2) is 109 Å². The molecule has 0 heterocycles. The fraction of sp³-hybridized carbons (Fsp3) is 0. The molecule has 0 atom stereocenters. The van der Waals surface area contributed by atoms with Gasteiger partial charge in [0.2, 0.25) is 0 Å². The first-order chi connectivity index (χ1) is 13.7. The van der Waals surface area contributed by atoms with E-state index in [1.54, 1.807) is 0 Å². The van der Waals surface area contributed by atoms with E-state index in [2.05, 4.69) is 0 Å². The van der Waals surface area contributed by atoms with Crippen molar-refractivity contribution in [1.29, 1.82) is 0 Å². The highest BCUT2D eigenvalue weighted by Crippen LogP contribution is 2.22. The summed E-state index contributed by atoms with van der Waals surface area (Å²) in [7, 11) is 0. The number of para-hydroxylation sites is 2. The minimum absolute atomic E-state index is 0.741. The summed E-state index contributed by atoms with van der Waals surface area (Å²) in [4.78, 5) is 0. The Morgan fingerprint density at radius 2 is 0.643 bits per heavy atom. The average Bonchev–Trinajstić information content (AvgIpc) is 2.74. The van der Waals surface area contributed by atoms with Gasteiger partial charge in [-0.2, -0.15) is 0 Å². The third kappa shape index (κ3) is 6.11. The van der Waals surface area contributed by atoms with Crippen molar-refractivity contribution in [2.45, 2.75) is 0 Å². The van der Waals surface area contributed by atoms with Crippen LogP contribution in [0, 0.1) is 0 Å². The van der Waals surface area contributed by atoms with Gasteiger partial charge in [-0.05, 0) is 72.8 Å². The Morgan fingerprint density at radius 3 is 0.964 bits per heavy atom. The Bertz CT molecular complexity index is 872. The lowest BCUT2D eigenvalue weighted by molar-refractivity contribution is 0.482. The van der Waals surface area contributed by atoms with Gasteiger partial charge >= 0.3 is 0 Å². The van der Waals surface area contributed by atoms with Crippen molar-refractivity contribution >= 4 is 11.4 Å². The molecule has 4 aromatic rings. The zero-order valence-electron chi connectivity index (χ0n) is 15.4. The Kier molecular flexibility index (Phi) is 6.53. The second-order valence-electron chi connectivity index (χ2n) is 5.97. The Labute approximate surface area is 165 Å². The molecule has 0 saturated heterocycles. The number of nitrogen functional groups attached to an aromatic ring is 2. The molecule has 0 aliphatic carbocycles. The Hall–Kier alpha value is -3.92. The average molecular weight is 370 g/mol. The van der Waals surface area contributed by atoms with Gasteiger partial charge in [0, 0.05) is 11.4 Å². The molecule has 0 aliphatic heterocycles. The topological polar surface area (TPSA) is 70.5 Å². The van der Waals surface area contributed by atoms with Gasteiger partial charge in [0.15, 0.2) is 0 Å². The van der Waals surface area contributed by atoms with Crippen molar-refractivity contribution in [2.24, 2.45) is 0 Å². The van der Waals surface area contributed by atoms with Gasteiger partial charge in [-0.1, -0.05) is 36.4 Å². The summed E-state index contributed by atoms with van der Waals surface area (Å²) in [6, 6.07) is 34.0. The van der Waals surface area contributed by atoms with Gasteiger partial charge in [0.1, 0.15) is 23.0 Å². The van der Waals surface area contributed by atoms with Crippen molar-refractivity contribution < 1.29 is 9.47 Å². The van der Waals surface area contributed by atoms with Gasteiger partial charge in [0.25, 0.3) is 0 Å². The van der Waals surface area contributed by atoms with Crippen molar-refractivity contribution in [3.05, 3.63) is 109 Å². The second-order valence-corrected chi connectivity index (χ2v) is 5.97. The molecule has 0 fully saturated rings. The van der Waals surface area contributed by atoms with E-state index in [0.717, 1.165) is 34.4 Å². The van der Waals surface area contributed by atoms with Gasteiger partial charge < -0.3 is 20.9 Å². The van der Waals surface area contributed by atoms with Crippen LogP contribution in [0.4, 0.5) is 11.4 Å². The predicted octanol–water partition coefficient (Wildman–Crippen LogP) is 6.12. The summed E-state index contributed by atoms with van der Waals surface area (Å²) >= 11 is 0. The Morgan fingerprint density at radius 1 is 0.357 bits per heavy atom. The van der Waals surface area contributed by atoms with Crippen LogP contribution >= 0.6 is 0 Å². The van der Waals surface area contributed by atoms with E-state index in [0.29, 0.717) is 0 Å². The maximum atomic E-state index is 5.58. The maximum Gasteiger partial charge on any atom is 0.127 e. The smallest absolute Gasteiger partial charge is 0.127 e. The number of hydrogen-bond donors (Lipinski definition) is 2. The zero-order chi connectivity index (χ0) is 19.6. The van der Waals surface area contributed by atoms with Crippen molar-refractivity contribution in [3.63, 3.8) is 0 Å². The Balaban J connectivity index is 0.000000161. The molecule has 4 N–H and O–H groups in total. The van der Waals surface area contributed by atoms with Gasteiger partial charge in [-0.15, -0.1) is 0 Å². The van der Waals surface area contributed by atoms with E-state index in [-0.39, 0.29) is 0 Å². The summed E-state index contributed by atoms with van der Waals surface area (Å²) in [6.07, 6.45) is 0. The van der Waals surface area contributed by atoms with Crippen LogP contribution in [0.1, 0.15) is 0 Å². The largest absolute Gasteiger partial charge is 0.457 e. The quantitative estimate of drug-likeness (QED) is 0.424. The highest BCUT2D eigenvalue weighted by Gasteiger charge is 1.95. The molecular formula is C24H22N2O2. The molecule has 0 aliphatic rings. The third-order valence-electron chi connectivity index (χ3n) is 3.72. The van der Waals surface area contributed by atoms with E-state index >= 15 is 0 Å². The SMILES string of the molecule is Nc1ccc(Oc2ccccc2)cc1.Nc1ccc(Oc2ccccc2)cc1. The predicted molar refractivity (Wildman–Crippen MR) is 115 cm³/mol. The zero-order valence-corrected chi connectivity index (χ0v) is 15.4. The van der Waals surface area contributed by atoms with Crippen LogP contribution in [0.3, 0.4) is 0 Å². The van der Waals surface area contributed by atoms with E-state index in [1.807, 2.05) is 109 Å². The lowest BCUT2D eigenvalue weighted by atomic mass is 10.3. The number of benzene rings is 4. The monoisotopic (exact) mass is 370 g/mol. The number of hydrogen-bond acceptors (Lipinski definition) is 4. The molecule has 140 valence electrons. The summed E-state index contributed by atoms with van der Waals surface area (Å²) in [5.41, 5.74) is 12.6. The highest BCUT2D eigenvalue weighted by molar-refractivity contribution is 5.43. The van der Waals surface area contributed by atoms with Gasteiger partial charge in [-0.3, -0.25) is 0 Å². The second kappa shape index (κ2) is 9.69. The van der Waals surface area contributed by atoms with Crippen LogP contribution in [-0.4, -0.2) is 0 Å². The van der Waals surface area contributed by atoms with Gasteiger partial charge in [-0.25, -0.2) is 0 Å². The van der Waals surface area contributed by atoms with Crippen molar-refractivity contribution in [2.75, 3.05) is 11.5 Å². The van der Waals surface area contributed by atoms with E-state index in [4.69, 9.17) is 20.9 Å². The van der Waals surface area contributed by atoms with Crippen LogP contribution < -0.4 is 20.9 Å². The third-order valence-corrected chi connectivity index (χ3v) is 3.72. The number of ether oxygens (including phenoxy) is 2. The summed E-state index contributed by atoms with van der Waals surface area (Å²) in [5.74, 6) is 3.25. The minimum Gasteiger partial charge on any atom is -0.457 e. The highest BCUT2D eigenvalue weighted by atomic mass is 16.5. The fourth-order valence-corrected chi connectivity index (χ4v) is 2.32. The molecular weight excluding hydrogens is 348 g/mol. The molecule has 28 heavy (non-hydrogen) atoms. The molecule has 0 spiro atoms. The van der Waals surface area contributed by atoms with Crippen LogP contribution in [0.25, 0.3) is 0 Å². The summed E-state index contributed by atoms with van der Waals surface area (Å²) in [6.45, 7) is 0. The first-order valence-corrected chi connectivity index (χ1v) is 8.86. The molecule has 0 unspecified atom stereocenters. The molecule has 0 aromatic heterocycles. The molecule has 4 nitrogen and oxygen atoms in total. The normalized spacial score (nSPS) is 9.71. The minimum atomic E-state index is 0.741. The molecule has 4 aromatic carbocycles. The lowest BCUT2D eigenvalue weighted by Gasteiger charge is -2.04. The molecule has 4 heteroatoms. The van der Waals surface area contributed by atoms with E-state index in [1.165, 1.54) is 0 Å². The first kappa shape index (κ1) is 18.9. The van der Waals surface area contributed by atoms with Crippen LogP contribution in [-0.2, 0) is 0 Å². The number of anilines is 2. The van der Waals surface area contributed by atoms with Crippen LogP contribution in [0.5, 0.6) is 23.0 Å². The van der Waals surface area contributed by atoms with Gasteiger partial charge in [0.05, 0.1) is 0 Å². The number of nitrogens with two attached hydrogens (primary N) is 2. The van der Waals surface area contributed by atoms with E-state index in [9.17, 15) is 0 Å². The van der Waals surface area contributed by atoms with Crippen LogP contribution in [0.2, 0.25) is 0 Å². The number of rotatable bonds is 4. The standard InChI is InChI=1S/2C12H11NO/c2*13-10-6-8-12(9-7-10)14-11-4-2-1-3-5-11/h2*1-9H,13H2. The van der Waals surface area contributed by atoms with Crippen molar-refractivity contribution in [3.8, 4) is 23.0 Å². The first-order valence-electron chi connectivity index (χ1n) is 8.86. The van der Waals surface area contributed by atoms with Crippen molar-refractivity contribution in [1.82, 2.24) is 0 Å². The van der Waals surface area contributed by atoms with E-state index < -0.39 is 0 Å². The molecule has 0 amide bonds. The fourth-order valence-electron chi connectivity index (χ4n) is 2.32. The maximum absolute atomic E-state index is 5.58. The summed E-state index contributed by atoms with van der Waals surface area (Å²) in [5, 5.41) is 0. The molecule has 0 bridgehead atoms. The summed E-state index contributed by atoms with van der Waals surface area (Å²) < 4.78 is 11.2. The molecule has 0 saturated carbocycles. The molecule has 0 radical (unpaired) electrons.